The van der Waals surface area contributed by atoms with Gasteiger partial charge >= 0.3 is 6.03 Å². The summed E-state index contributed by atoms with van der Waals surface area (Å²) in [6.07, 6.45) is 2.56. The van der Waals surface area contributed by atoms with Crippen LogP contribution in [0.3, 0.4) is 0 Å². The number of likely N-dealkylation sites (tertiary alicyclic amines) is 1. The van der Waals surface area contributed by atoms with Gasteiger partial charge in [0.15, 0.2) is 0 Å². The Kier molecular flexibility index (Phi) is 2.88. The molecule has 2 aliphatic rings. The van der Waals surface area contributed by atoms with Crippen molar-refractivity contribution < 1.29 is 9.59 Å². The second-order valence-corrected chi connectivity index (χ2v) is 4.63. The molecular weight excluding hydrogens is 206 g/mol. The summed E-state index contributed by atoms with van der Waals surface area (Å²) >= 11 is 0. The molecule has 0 N–H and O–H groups in total. The average molecular weight is 224 g/mol. The van der Waals surface area contributed by atoms with E-state index in [2.05, 4.69) is 17.1 Å². The summed E-state index contributed by atoms with van der Waals surface area (Å²) in [7, 11) is 1.69. The highest BCUT2D eigenvalue weighted by atomic mass is 16.2. The third-order valence-corrected chi connectivity index (χ3v) is 3.75. The highest BCUT2D eigenvalue weighted by molar-refractivity contribution is 6.06. The maximum absolute atomic E-state index is 11.8. The topological polar surface area (TPSA) is 54.7 Å². The number of amides is 3. The number of likely N-dealkylation sites (N-methyl/N-ethyl adjacent to an activating group) is 1. The summed E-state index contributed by atoms with van der Waals surface area (Å²) in [4.78, 5) is 27.0. The van der Waals surface area contributed by atoms with Crippen LogP contribution in [0.1, 0.15) is 26.2 Å². The summed E-state index contributed by atoms with van der Waals surface area (Å²) in [6, 6.07) is -0.381. The van der Waals surface area contributed by atoms with E-state index in [1.54, 1.807) is 7.05 Å². The first kappa shape index (κ1) is 11.4. The van der Waals surface area contributed by atoms with Crippen LogP contribution in [0.4, 0.5) is 4.79 Å². The van der Waals surface area contributed by atoms with Gasteiger partial charge in [-0.05, 0) is 25.8 Å². The fourth-order valence-electron chi connectivity index (χ4n) is 2.60. The third kappa shape index (κ3) is 1.59. The van der Waals surface area contributed by atoms with E-state index in [1.807, 2.05) is 0 Å². The zero-order valence-corrected chi connectivity index (χ0v) is 9.90. The Morgan fingerprint density at radius 3 is 2.38 bits per heavy atom. The maximum atomic E-state index is 11.8. The smallest absolute Gasteiger partial charge is 0.311 e. The van der Waals surface area contributed by atoms with Gasteiger partial charge in [0, 0.05) is 20.1 Å². The number of nitrogens with zero attached hydrogens (tertiary/aromatic N) is 3. The molecule has 0 atom stereocenters. The minimum Gasteiger partial charge on any atom is -0.311 e. The Morgan fingerprint density at radius 2 is 1.94 bits per heavy atom. The molecule has 0 aromatic carbocycles. The molecule has 2 saturated heterocycles. The second-order valence-electron chi connectivity index (χ2n) is 4.63. The summed E-state index contributed by atoms with van der Waals surface area (Å²) in [5, 5.41) is 3.55. The lowest BCUT2D eigenvalue weighted by atomic mass is 9.86. The van der Waals surface area contributed by atoms with E-state index in [1.165, 1.54) is 4.90 Å². The van der Waals surface area contributed by atoms with Gasteiger partial charge in [-0.15, -0.1) is 0 Å². The first-order valence-corrected chi connectivity index (χ1v) is 5.86. The molecule has 2 aliphatic heterocycles. The van der Waals surface area contributed by atoms with Crippen molar-refractivity contribution in [2.75, 3.05) is 26.7 Å². The Hall–Kier alpha value is -1.10. The van der Waals surface area contributed by atoms with Crippen LogP contribution >= 0.6 is 0 Å². The molecule has 16 heavy (non-hydrogen) atoms. The van der Waals surface area contributed by atoms with Crippen LogP contribution in [-0.2, 0) is 4.79 Å². The molecule has 5 heteroatoms. The Bertz CT molecular complexity index is 308. The van der Waals surface area contributed by atoms with Crippen molar-refractivity contribution in [2.24, 2.45) is 0 Å². The number of imide groups is 1. The van der Waals surface area contributed by atoms with Gasteiger partial charge in [-0.2, -0.15) is 5.32 Å². The molecule has 0 unspecified atom stereocenters. The molecule has 2 rings (SSSR count). The van der Waals surface area contributed by atoms with E-state index in [0.717, 1.165) is 38.9 Å². The van der Waals surface area contributed by atoms with Crippen molar-refractivity contribution in [1.82, 2.24) is 15.1 Å². The lowest BCUT2D eigenvalue weighted by Gasteiger charge is -2.40. The van der Waals surface area contributed by atoms with E-state index in [0.29, 0.717) is 0 Å². The molecular formula is C11H18N3O2. The molecule has 0 aromatic rings. The lowest BCUT2D eigenvalue weighted by molar-refractivity contribution is -0.128. The van der Waals surface area contributed by atoms with Crippen molar-refractivity contribution >= 4 is 11.9 Å². The van der Waals surface area contributed by atoms with Crippen molar-refractivity contribution in [3.05, 3.63) is 0 Å². The molecule has 3 amide bonds. The van der Waals surface area contributed by atoms with Crippen LogP contribution in [0.25, 0.3) is 0 Å². The number of hydrogen-bond acceptors (Lipinski definition) is 3. The number of urea groups is 1. The SMILES string of the molecule is CCCN1CCC2(CC1)C(=O)[N]C(=O)N2C. The molecule has 1 radical (unpaired) electrons. The van der Waals surface area contributed by atoms with Crippen LogP contribution in [0, 0.1) is 0 Å². The first-order chi connectivity index (χ1) is 7.60. The predicted octanol–water partition coefficient (Wildman–Crippen LogP) is 0.427. The van der Waals surface area contributed by atoms with Gasteiger partial charge in [-0.3, -0.25) is 4.79 Å². The van der Waals surface area contributed by atoms with Gasteiger partial charge in [0.25, 0.3) is 5.91 Å². The zero-order chi connectivity index (χ0) is 11.8. The third-order valence-electron chi connectivity index (χ3n) is 3.75. The van der Waals surface area contributed by atoms with Crippen LogP contribution in [0.2, 0.25) is 0 Å². The van der Waals surface area contributed by atoms with Crippen molar-refractivity contribution in [3.63, 3.8) is 0 Å². The Morgan fingerprint density at radius 1 is 1.31 bits per heavy atom. The molecule has 0 saturated carbocycles. The van der Waals surface area contributed by atoms with Gasteiger partial charge < -0.3 is 9.80 Å². The molecule has 2 fully saturated rings. The molecule has 0 bridgehead atoms. The Labute approximate surface area is 95.8 Å². The molecule has 5 nitrogen and oxygen atoms in total. The number of rotatable bonds is 2. The van der Waals surface area contributed by atoms with Gasteiger partial charge in [-0.25, -0.2) is 4.79 Å². The zero-order valence-electron chi connectivity index (χ0n) is 9.90. The fourth-order valence-corrected chi connectivity index (χ4v) is 2.60. The Balaban J connectivity index is 2.06. The predicted molar refractivity (Wildman–Crippen MR) is 59.0 cm³/mol. The van der Waals surface area contributed by atoms with Crippen molar-refractivity contribution in [2.45, 2.75) is 31.7 Å². The van der Waals surface area contributed by atoms with Crippen LogP contribution in [0.15, 0.2) is 0 Å². The van der Waals surface area contributed by atoms with Gasteiger partial charge in [0.1, 0.15) is 5.54 Å². The van der Waals surface area contributed by atoms with Crippen LogP contribution in [0.5, 0.6) is 0 Å². The van der Waals surface area contributed by atoms with Gasteiger partial charge in [-0.1, -0.05) is 6.92 Å². The summed E-state index contributed by atoms with van der Waals surface area (Å²) in [5.74, 6) is -0.240. The highest BCUT2D eigenvalue weighted by Crippen LogP contribution is 2.32. The molecule has 0 aliphatic carbocycles. The maximum Gasteiger partial charge on any atom is 0.347 e. The van der Waals surface area contributed by atoms with Gasteiger partial charge in [0.2, 0.25) is 0 Å². The molecule has 2 heterocycles. The summed E-state index contributed by atoms with van der Waals surface area (Å²) in [5.41, 5.74) is -0.624. The molecule has 0 aromatic heterocycles. The van der Waals surface area contributed by atoms with Crippen molar-refractivity contribution in [3.8, 4) is 0 Å². The van der Waals surface area contributed by atoms with Crippen LogP contribution < -0.4 is 5.32 Å². The summed E-state index contributed by atoms with van der Waals surface area (Å²) in [6.45, 7) is 4.98. The number of hydrogen-bond donors (Lipinski definition) is 0. The minimum absolute atomic E-state index is 0.240. The molecule has 1 spiro atoms. The van der Waals surface area contributed by atoms with Gasteiger partial charge in [0.05, 0.1) is 0 Å². The lowest BCUT2D eigenvalue weighted by Crippen LogP contribution is -2.55. The molecule has 89 valence electrons. The normalized spacial score (nSPS) is 25.2. The van der Waals surface area contributed by atoms with Crippen molar-refractivity contribution in [1.29, 1.82) is 0 Å². The largest absolute Gasteiger partial charge is 0.347 e. The standard InChI is InChI=1S/C11H18N3O2/c1-3-6-14-7-4-11(5-8-14)9(15)12-10(16)13(11)2/h3-8H2,1-2H3. The van der Waals surface area contributed by atoms with Crippen LogP contribution in [-0.4, -0.2) is 54.0 Å². The highest BCUT2D eigenvalue weighted by Gasteiger charge is 2.53. The number of carbonyl (C=O) groups excluding carboxylic acids is 2. The monoisotopic (exact) mass is 224 g/mol. The quantitative estimate of drug-likeness (QED) is 0.639. The summed E-state index contributed by atoms with van der Waals surface area (Å²) < 4.78 is 0. The average Bonchev–Trinajstić information content (AvgIpc) is 2.47. The fraction of sp³-hybridized carbons (Fsp3) is 0.818. The minimum atomic E-state index is -0.624. The van der Waals surface area contributed by atoms with E-state index >= 15 is 0 Å². The van der Waals surface area contributed by atoms with E-state index in [4.69, 9.17) is 0 Å². The second kappa shape index (κ2) is 4.05. The number of carbonyl (C=O) groups is 2. The first-order valence-electron chi connectivity index (χ1n) is 5.86. The van der Waals surface area contributed by atoms with E-state index < -0.39 is 5.54 Å². The van der Waals surface area contributed by atoms with E-state index in [-0.39, 0.29) is 11.9 Å². The van der Waals surface area contributed by atoms with E-state index in [9.17, 15) is 9.59 Å². The number of piperidine rings is 1.